The molecule has 2 aliphatic rings. The van der Waals surface area contributed by atoms with E-state index in [-0.39, 0.29) is 18.4 Å². The first-order valence-electron chi connectivity index (χ1n) is 10.1. The fourth-order valence-electron chi connectivity index (χ4n) is 4.25. The number of amidine groups is 1. The van der Waals surface area contributed by atoms with Gasteiger partial charge in [0, 0.05) is 40.8 Å². The van der Waals surface area contributed by atoms with Gasteiger partial charge in [-0.2, -0.15) is 8.78 Å². The Kier molecular flexibility index (Phi) is 4.13. The van der Waals surface area contributed by atoms with Crippen molar-refractivity contribution in [1.82, 2.24) is 15.0 Å². The molecule has 1 atom stereocenters. The van der Waals surface area contributed by atoms with Gasteiger partial charge in [-0.15, -0.1) is 0 Å². The average molecular weight is 443 g/mol. The lowest BCUT2D eigenvalue weighted by molar-refractivity contribution is 0.261. The van der Waals surface area contributed by atoms with Crippen LogP contribution < -0.4 is 10.5 Å². The fourth-order valence-corrected chi connectivity index (χ4v) is 4.25. The maximum Gasteiger partial charge on any atom is 0.283 e. The molecule has 2 aliphatic heterocycles. The molecule has 0 fully saturated rings. The van der Waals surface area contributed by atoms with Crippen molar-refractivity contribution in [3.8, 4) is 33.9 Å². The number of rotatable bonds is 2. The minimum Gasteiger partial charge on any atom is -0.462 e. The Hall–Kier alpha value is -4.40. The van der Waals surface area contributed by atoms with Crippen molar-refractivity contribution >= 4 is 6.02 Å². The van der Waals surface area contributed by atoms with E-state index in [0.717, 1.165) is 0 Å². The predicted octanol–water partition coefficient (Wildman–Crippen LogP) is 4.18. The van der Waals surface area contributed by atoms with Crippen molar-refractivity contribution in [2.24, 2.45) is 10.7 Å². The SMILES string of the molecule is NC1=N[C@@]2(CO1)c1cc(-c3cccnc3F)ccc1Oc1c2cc(-c2ccncc2)nc1F. The largest absolute Gasteiger partial charge is 0.462 e. The fraction of sp³-hybridized carbons (Fsp3) is 0.0833. The molecule has 0 aliphatic carbocycles. The van der Waals surface area contributed by atoms with Gasteiger partial charge in [-0.3, -0.25) is 4.98 Å². The molecule has 162 valence electrons. The first kappa shape index (κ1) is 19.3. The van der Waals surface area contributed by atoms with Crippen LogP contribution in [0.1, 0.15) is 11.1 Å². The van der Waals surface area contributed by atoms with Gasteiger partial charge in [-0.25, -0.2) is 15.0 Å². The van der Waals surface area contributed by atoms with E-state index in [1.54, 1.807) is 60.9 Å². The third kappa shape index (κ3) is 2.93. The van der Waals surface area contributed by atoms with Gasteiger partial charge >= 0.3 is 0 Å². The molecule has 3 aromatic heterocycles. The molecule has 0 bridgehead atoms. The maximum absolute atomic E-state index is 15.2. The van der Waals surface area contributed by atoms with Crippen LogP contribution in [0.3, 0.4) is 0 Å². The van der Waals surface area contributed by atoms with Crippen molar-refractivity contribution in [2.75, 3.05) is 6.61 Å². The molecule has 2 N–H and O–H groups in total. The Labute approximate surface area is 186 Å². The van der Waals surface area contributed by atoms with Crippen LogP contribution in [0, 0.1) is 11.9 Å². The van der Waals surface area contributed by atoms with Crippen molar-refractivity contribution in [3.63, 3.8) is 0 Å². The molecule has 0 saturated heterocycles. The van der Waals surface area contributed by atoms with E-state index in [2.05, 4.69) is 19.9 Å². The summed E-state index contributed by atoms with van der Waals surface area (Å²) in [5.74, 6) is -1.09. The zero-order valence-electron chi connectivity index (χ0n) is 17.0. The second kappa shape index (κ2) is 7.06. The predicted molar refractivity (Wildman–Crippen MR) is 115 cm³/mol. The minimum absolute atomic E-state index is 0.0282. The molecule has 33 heavy (non-hydrogen) atoms. The van der Waals surface area contributed by atoms with Gasteiger partial charge in [0.1, 0.15) is 12.4 Å². The average Bonchev–Trinajstić information content (AvgIpc) is 3.23. The number of hydrogen-bond donors (Lipinski definition) is 1. The Bertz CT molecular complexity index is 1440. The monoisotopic (exact) mass is 443 g/mol. The quantitative estimate of drug-likeness (QED) is 0.467. The van der Waals surface area contributed by atoms with Crippen LogP contribution >= 0.6 is 0 Å². The van der Waals surface area contributed by atoms with Crippen molar-refractivity contribution < 1.29 is 18.3 Å². The number of aliphatic imine (C=N–C) groups is 1. The van der Waals surface area contributed by atoms with Crippen LogP contribution in [-0.4, -0.2) is 27.6 Å². The number of aromatic nitrogens is 3. The molecule has 0 unspecified atom stereocenters. The van der Waals surface area contributed by atoms with Crippen molar-refractivity contribution in [1.29, 1.82) is 0 Å². The highest BCUT2D eigenvalue weighted by Gasteiger charge is 2.48. The lowest BCUT2D eigenvalue weighted by atomic mass is 9.80. The topological polar surface area (TPSA) is 95.5 Å². The van der Waals surface area contributed by atoms with E-state index in [0.29, 0.717) is 39.3 Å². The van der Waals surface area contributed by atoms with E-state index in [4.69, 9.17) is 15.2 Å². The maximum atomic E-state index is 15.2. The lowest BCUT2D eigenvalue weighted by Crippen LogP contribution is -2.32. The van der Waals surface area contributed by atoms with Gasteiger partial charge in [0.2, 0.25) is 5.95 Å². The first-order chi connectivity index (χ1) is 16.0. The van der Waals surface area contributed by atoms with Crippen molar-refractivity contribution in [2.45, 2.75) is 5.54 Å². The normalized spacial score (nSPS) is 18.2. The Morgan fingerprint density at radius 3 is 2.52 bits per heavy atom. The summed E-state index contributed by atoms with van der Waals surface area (Å²) in [6.45, 7) is 0.0282. The summed E-state index contributed by atoms with van der Waals surface area (Å²) in [7, 11) is 0. The summed E-state index contributed by atoms with van der Waals surface area (Å²) in [5, 5.41) is 0. The summed E-state index contributed by atoms with van der Waals surface area (Å²) in [5.41, 5.74) is 7.65. The highest BCUT2D eigenvalue weighted by atomic mass is 19.1. The van der Waals surface area contributed by atoms with E-state index >= 15 is 4.39 Å². The Balaban J connectivity index is 1.59. The zero-order valence-corrected chi connectivity index (χ0v) is 17.0. The molecule has 0 saturated carbocycles. The molecule has 7 nitrogen and oxygen atoms in total. The number of nitrogens with two attached hydrogens (primary N) is 1. The van der Waals surface area contributed by atoms with Gasteiger partial charge in [0.05, 0.1) is 5.69 Å². The molecule has 1 spiro atoms. The van der Waals surface area contributed by atoms with Gasteiger partial charge in [-0.05, 0) is 48.0 Å². The lowest BCUT2D eigenvalue weighted by Gasteiger charge is -2.33. The van der Waals surface area contributed by atoms with Gasteiger partial charge in [0.15, 0.2) is 11.3 Å². The van der Waals surface area contributed by atoms with Gasteiger partial charge < -0.3 is 15.2 Å². The second-order valence-electron chi connectivity index (χ2n) is 7.66. The molecule has 5 heterocycles. The standard InChI is InChI=1S/C24H15F2N5O2/c25-21-15(2-1-7-29-21)14-3-4-19-16(10-14)24(12-32-23(27)31-24)17-11-18(13-5-8-28-9-6-13)30-22(26)20(17)33-19/h1-11H,12H2,(H2,27,31)/t24-/m0/s1. The molecular formula is C24H15F2N5O2. The third-order valence-electron chi connectivity index (χ3n) is 5.79. The third-order valence-corrected chi connectivity index (χ3v) is 5.79. The summed E-state index contributed by atoms with van der Waals surface area (Å²) in [6.07, 6.45) is 4.57. The second-order valence-corrected chi connectivity index (χ2v) is 7.66. The minimum atomic E-state index is -1.19. The number of halogens is 2. The van der Waals surface area contributed by atoms with Crippen molar-refractivity contribution in [3.05, 3.63) is 90.1 Å². The Morgan fingerprint density at radius 1 is 0.909 bits per heavy atom. The number of fused-ring (bicyclic) bond motifs is 4. The highest BCUT2D eigenvalue weighted by Crippen LogP contribution is 2.52. The van der Waals surface area contributed by atoms with Crippen LogP contribution in [0.15, 0.2) is 72.1 Å². The molecule has 0 amide bonds. The van der Waals surface area contributed by atoms with Crippen LogP contribution in [0.2, 0.25) is 0 Å². The van der Waals surface area contributed by atoms with Crippen LogP contribution in [-0.2, 0) is 10.3 Å². The van der Waals surface area contributed by atoms with Crippen LogP contribution in [0.25, 0.3) is 22.4 Å². The highest BCUT2D eigenvalue weighted by molar-refractivity contribution is 5.78. The zero-order chi connectivity index (χ0) is 22.6. The van der Waals surface area contributed by atoms with Gasteiger partial charge in [0.25, 0.3) is 12.0 Å². The molecule has 4 aromatic rings. The molecule has 0 radical (unpaired) electrons. The summed E-state index contributed by atoms with van der Waals surface area (Å²) in [6, 6.07) is 13.5. The summed E-state index contributed by atoms with van der Waals surface area (Å²) in [4.78, 5) is 16.4. The number of ether oxygens (including phenoxy) is 2. The van der Waals surface area contributed by atoms with Crippen LogP contribution in [0.4, 0.5) is 8.78 Å². The molecule has 6 rings (SSSR count). The van der Waals surface area contributed by atoms with E-state index in [1.165, 1.54) is 6.20 Å². The number of hydrogen-bond acceptors (Lipinski definition) is 7. The summed E-state index contributed by atoms with van der Waals surface area (Å²) < 4.78 is 41.1. The number of benzene rings is 1. The van der Waals surface area contributed by atoms with Crippen LogP contribution in [0.5, 0.6) is 11.5 Å². The van der Waals surface area contributed by atoms with E-state index in [9.17, 15) is 4.39 Å². The van der Waals surface area contributed by atoms with E-state index < -0.39 is 17.4 Å². The van der Waals surface area contributed by atoms with Gasteiger partial charge in [-0.1, -0.05) is 6.07 Å². The molecule has 9 heteroatoms. The Morgan fingerprint density at radius 2 is 1.76 bits per heavy atom. The molecular weight excluding hydrogens is 428 g/mol. The van der Waals surface area contributed by atoms with E-state index in [1.807, 2.05) is 0 Å². The number of nitrogens with zero attached hydrogens (tertiary/aromatic N) is 4. The smallest absolute Gasteiger partial charge is 0.283 e. The first-order valence-corrected chi connectivity index (χ1v) is 10.1. The molecule has 1 aromatic carbocycles. The number of pyridine rings is 3. The summed E-state index contributed by atoms with van der Waals surface area (Å²) >= 11 is 0.